The van der Waals surface area contributed by atoms with Crippen LogP contribution in [0.4, 0.5) is 18.9 Å². The number of benzene rings is 2. The van der Waals surface area contributed by atoms with Gasteiger partial charge in [0.25, 0.3) is 0 Å². The van der Waals surface area contributed by atoms with Crippen molar-refractivity contribution in [2.75, 3.05) is 25.5 Å². The number of rotatable bonds is 6. The summed E-state index contributed by atoms with van der Waals surface area (Å²) < 4.78 is 66.8. The highest BCUT2D eigenvalue weighted by Crippen LogP contribution is 2.37. The molecule has 0 saturated carbocycles. The van der Waals surface area contributed by atoms with Crippen LogP contribution in [0.5, 0.6) is 0 Å². The first-order valence-corrected chi connectivity index (χ1v) is 9.91. The molecule has 0 bridgehead atoms. The zero-order valence-corrected chi connectivity index (χ0v) is 16.7. The molecule has 0 radical (unpaired) electrons. The monoisotopic (exact) mass is 420 g/mol. The molecule has 0 spiro atoms. The van der Waals surface area contributed by atoms with E-state index in [2.05, 4.69) is 0 Å². The maximum absolute atomic E-state index is 13.3. The molecule has 0 amide bonds. The van der Waals surface area contributed by atoms with Crippen LogP contribution in [-0.4, -0.2) is 33.4 Å². The van der Waals surface area contributed by atoms with Crippen LogP contribution in [0.25, 0.3) is 0 Å². The molecule has 0 aliphatic carbocycles. The molecular weight excluding hydrogens is 401 g/mol. The molecule has 0 aliphatic heterocycles. The Balaban J connectivity index is 2.41. The van der Waals surface area contributed by atoms with Gasteiger partial charge in [-0.3, -0.25) is 0 Å². The Kier molecular flexibility index (Phi) is 6.44. The van der Waals surface area contributed by atoms with E-state index in [4.69, 9.17) is 11.6 Å². The highest BCUT2D eigenvalue weighted by molar-refractivity contribution is 7.89. The zero-order valence-electron chi connectivity index (χ0n) is 15.1. The number of halogens is 4. The quantitative estimate of drug-likeness (QED) is 0.683. The fourth-order valence-corrected chi connectivity index (χ4v) is 4.36. The lowest BCUT2D eigenvalue weighted by Crippen LogP contribution is -2.32. The van der Waals surface area contributed by atoms with Gasteiger partial charge in [0.2, 0.25) is 10.0 Å². The summed E-state index contributed by atoms with van der Waals surface area (Å²) in [4.78, 5) is 1.09. The van der Waals surface area contributed by atoms with E-state index < -0.39 is 26.7 Å². The lowest BCUT2D eigenvalue weighted by Gasteiger charge is -2.23. The molecule has 9 heteroatoms. The minimum absolute atomic E-state index is 0.0255. The van der Waals surface area contributed by atoms with Crippen molar-refractivity contribution in [3.8, 4) is 0 Å². The van der Waals surface area contributed by atoms with Gasteiger partial charge in [-0.15, -0.1) is 0 Å². The normalized spacial score (nSPS) is 12.4. The third-order valence-corrected chi connectivity index (χ3v) is 6.24. The van der Waals surface area contributed by atoms with Gasteiger partial charge in [-0.1, -0.05) is 30.7 Å². The molecule has 0 heterocycles. The highest BCUT2D eigenvalue weighted by atomic mass is 35.5. The Labute approximate surface area is 162 Å². The number of sulfonamides is 1. The number of nitrogens with zero attached hydrogens (tertiary/aromatic N) is 2. The number of hydrogen-bond donors (Lipinski definition) is 0. The third kappa shape index (κ3) is 4.94. The fraction of sp³-hybridized carbons (Fsp3) is 0.333. The molecule has 0 fully saturated rings. The molecule has 0 aromatic heterocycles. The van der Waals surface area contributed by atoms with Crippen molar-refractivity contribution in [2.45, 2.75) is 24.5 Å². The van der Waals surface area contributed by atoms with Gasteiger partial charge in [0.05, 0.1) is 10.5 Å². The summed E-state index contributed by atoms with van der Waals surface area (Å²) in [5.41, 5.74) is 0.340. The first-order valence-electron chi connectivity index (χ1n) is 8.10. The summed E-state index contributed by atoms with van der Waals surface area (Å²) in [5.74, 6) is 0. The van der Waals surface area contributed by atoms with Gasteiger partial charge < -0.3 is 4.90 Å². The van der Waals surface area contributed by atoms with Crippen molar-refractivity contribution in [2.24, 2.45) is 0 Å². The number of alkyl halides is 3. The molecule has 0 aliphatic rings. The second kappa shape index (κ2) is 8.08. The van der Waals surface area contributed by atoms with Gasteiger partial charge in [0.15, 0.2) is 0 Å². The summed E-state index contributed by atoms with van der Waals surface area (Å²) in [5, 5.41) is -0.177. The van der Waals surface area contributed by atoms with Gasteiger partial charge in [0, 0.05) is 37.9 Å². The van der Waals surface area contributed by atoms with Gasteiger partial charge in [0.1, 0.15) is 0 Å². The smallest absolute Gasteiger partial charge is 0.378 e. The lowest BCUT2D eigenvalue weighted by molar-refractivity contribution is -0.139. The summed E-state index contributed by atoms with van der Waals surface area (Å²) in [6.07, 6.45) is -4.83. The topological polar surface area (TPSA) is 40.6 Å². The van der Waals surface area contributed by atoms with Crippen LogP contribution in [0.15, 0.2) is 47.4 Å². The SMILES string of the molecule is CCN(Cc1ccc(N(C)C)cc1)S(=O)(=O)c1ccc(Cl)cc1C(F)(F)F. The molecule has 27 heavy (non-hydrogen) atoms. The largest absolute Gasteiger partial charge is 0.417 e. The maximum atomic E-state index is 13.3. The summed E-state index contributed by atoms with van der Waals surface area (Å²) >= 11 is 5.64. The highest BCUT2D eigenvalue weighted by Gasteiger charge is 2.39. The lowest BCUT2D eigenvalue weighted by atomic mass is 10.2. The van der Waals surface area contributed by atoms with Crippen LogP contribution in [0.2, 0.25) is 5.02 Å². The van der Waals surface area contributed by atoms with Crippen LogP contribution in [0, 0.1) is 0 Å². The molecule has 2 aromatic carbocycles. The fourth-order valence-electron chi connectivity index (χ4n) is 2.56. The average molecular weight is 421 g/mol. The zero-order chi connectivity index (χ0) is 20.4. The Morgan fingerprint density at radius 3 is 2.11 bits per heavy atom. The van der Waals surface area contributed by atoms with Crippen molar-refractivity contribution in [3.05, 3.63) is 58.6 Å². The number of anilines is 1. The van der Waals surface area contributed by atoms with Gasteiger partial charge in [-0.05, 0) is 35.9 Å². The van der Waals surface area contributed by atoms with Crippen molar-refractivity contribution >= 4 is 27.3 Å². The van der Waals surface area contributed by atoms with Crippen LogP contribution >= 0.6 is 11.6 Å². The molecular formula is C18H20ClF3N2O2S. The summed E-state index contributed by atoms with van der Waals surface area (Å²) in [6, 6.07) is 9.81. The van der Waals surface area contributed by atoms with Crippen LogP contribution in [-0.2, 0) is 22.7 Å². The van der Waals surface area contributed by atoms with Gasteiger partial charge in [-0.25, -0.2) is 8.42 Å². The average Bonchev–Trinajstić information content (AvgIpc) is 2.58. The molecule has 0 atom stereocenters. The second-order valence-electron chi connectivity index (χ2n) is 6.13. The van der Waals surface area contributed by atoms with Crippen LogP contribution in [0.1, 0.15) is 18.1 Å². The Morgan fingerprint density at radius 2 is 1.63 bits per heavy atom. The summed E-state index contributed by atoms with van der Waals surface area (Å²) in [7, 11) is -0.618. The van der Waals surface area contributed by atoms with Crippen molar-refractivity contribution < 1.29 is 21.6 Å². The standard InChI is InChI=1S/C18H20ClF3N2O2S/c1-4-24(12-13-5-8-15(9-6-13)23(2)3)27(25,26)17-10-7-14(19)11-16(17)18(20,21)22/h5-11H,4,12H2,1-3H3. The van der Waals surface area contributed by atoms with Gasteiger partial charge in [-0.2, -0.15) is 17.5 Å². The minimum Gasteiger partial charge on any atom is -0.378 e. The van der Waals surface area contributed by atoms with E-state index in [1.54, 1.807) is 19.1 Å². The van der Waals surface area contributed by atoms with E-state index in [1.807, 2.05) is 31.1 Å². The molecule has 4 nitrogen and oxygen atoms in total. The second-order valence-corrected chi connectivity index (χ2v) is 8.47. The van der Waals surface area contributed by atoms with Crippen molar-refractivity contribution in [1.29, 1.82) is 0 Å². The molecule has 0 unspecified atom stereocenters. The predicted molar refractivity (Wildman–Crippen MR) is 100 cm³/mol. The van der Waals surface area contributed by atoms with E-state index in [1.165, 1.54) is 0 Å². The van der Waals surface area contributed by atoms with E-state index in [0.717, 1.165) is 22.1 Å². The Morgan fingerprint density at radius 1 is 1.04 bits per heavy atom. The van der Waals surface area contributed by atoms with E-state index in [-0.39, 0.29) is 18.1 Å². The van der Waals surface area contributed by atoms with Gasteiger partial charge >= 0.3 is 6.18 Å². The first kappa shape index (κ1) is 21.5. The summed E-state index contributed by atoms with van der Waals surface area (Å²) in [6.45, 7) is 1.57. The molecule has 0 N–H and O–H groups in total. The Hall–Kier alpha value is -1.77. The molecule has 148 valence electrons. The van der Waals surface area contributed by atoms with Crippen molar-refractivity contribution in [3.63, 3.8) is 0 Å². The van der Waals surface area contributed by atoms with Crippen LogP contribution in [0.3, 0.4) is 0 Å². The Bertz CT molecular complexity index is 898. The maximum Gasteiger partial charge on any atom is 0.417 e. The molecule has 2 rings (SSSR count). The van der Waals surface area contributed by atoms with E-state index in [9.17, 15) is 21.6 Å². The molecule has 0 saturated heterocycles. The minimum atomic E-state index is -4.83. The van der Waals surface area contributed by atoms with Crippen molar-refractivity contribution in [1.82, 2.24) is 4.31 Å². The first-order chi connectivity index (χ1) is 12.5. The van der Waals surface area contributed by atoms with E-state index >= 15 is 0 Å². The third-order valence-electron chi connectivity index (χ3n) is 4.03. The molecule has 2 aromatic rings. The van der Waals surface area contributed by atoms with Crippen LogP contribution < -0.4 is 4.90 Å². The van der Waals surface area contributed by atoms with E-state index in [0.29, 0.717) is 11.6 Å². The number of hydrogen-bond acceptors (Lipinski definition) is 3. The predicted octanol–water partition coefficient (Wildman–Crippen LogP) is 4.64.